The van der Waals surface area contributed by atoms with Gasteiger partial charge < -0.3 is 35.3 Å². The first kappa shape index (κ1) is 63.4. The summed E-state index contributed by atoms with van der Waals surface area (Å²) in [6, 6.07) is 18.1. The fourth-order valence-corrected chi connectivity index (χ4v) is 14.4. The number of amides is 2. The Labute approximate surface area is 512 Å². The average Bonchev–Trinajstić information content (AvgIpc) is 2.02. The number of aryl methyl sites for hydroxylation is 1. The number of esters is 1. The predicted octanol–water partition coefficient (Wildman–Crippen LogP) is 7.92. The molecule has 10 rings (SSSR count). The third-order valence-corrected chi connectivity index (χ3v) is 19.7. The number of aliphatic carboxylic acids is 1. The van der Waals surface area contributed by atoms with Gasteiger partial charge in [-0.1, -0.05) is 57.2 Å². The fraction of sp³-hybridized carbons (Fsp3) is 0.460. The molecule has 6 aromatic rings. The molecule has 25 heteroatoms. The lowest BCUT2D eigenvalue weighted by Crippen LogP contribution is -2.56. The molecule has 2 amide bonds. The van der Waals surface area contributed by atoms with Crippen LogP contribution in [0.1, 0.15) is 92.9 Å². The van der Waals surface area contributed by atoms with Gasteiger partial charge in [0.05, 0.1) is 58.7 Å². The molecule has 3 aromatic carbocycles. The van der Waals surface area contributed by atoms with Gasteiger partial charge in [0.15, 0.2) is 11.6 Å². The lowest BCUT2D eigenvalue weighted by Gasteiger charge is -2.39. The minimum absolute atomic E-state index is 0.0127. The highest BCUT2D eigenvalue weighted by atomic mass is 32.2. The monoisotopic (exact) mass is 1250 g/mol. The summed E-state index contributed by atoms with van der Waals surface area (Å²) in [4.78, 5) is 99.9. The number of ether oxygens (including phenoxy) is 1. The molecule has 5 N–H and O–H groups in total. The van der Waals surface area contributed by atoms with Crippen molar-refractivity contribution in [1.82, 2.24) is 39.7 Å². The number of hydrogen-bond acceptors (Lipinski definition) is 15. The molecule has 1 saturated carbocycles. The predicted molar refractivity (Wildman–Crippen MR) is 326 cm³/mol. The summed E-state index contributed by atoms with van der Waals surface area (Å²) in [7, 11) is -4.38. The lowest BCUT2D eigenvalue weighted by atomic mass is 9.77. The van der Waals surface area contributed by atoms with Gasteiger partial charge in [-0.2, -0.15) is 12.7 Å². The number of rotatable bonds is 22. The van der Waals surface area contributed by atoms with Gasteiger partial charge in [-0.15, -0.1) is 11.3 Å². The summed E-state index contributed by atoms with van der Waals surface area (Å²) in [6.45, 7) is 12.7. The largest absolute Gasteiger partial charge is 0.481 e. The molecule has 5 atom stereocenters. The Morgan fingerprint density at radius 3 is 2.19 bits per heavy atom. The van der Waals surface area contributed by atoms with E-state index in [2.05, 4.69) is 40.3 Å². The minimum atomic E-state index is -4.38. The van der Waals surface area contributed by atoms with Crippen LogP contribution in [0, 0.1) is 41.7 Å². The average molecular weight is 1250 g/mol. The first-order valence-corrected chi connectivity index (χ1v) is 32.0. The van der Waals surface area contributed by atoms with E-state index in [0.717, 1.165) is 95.0 Å². The lowest BCUT2D eigenvalue weighted by molar-refractivity contribution is -0.152. The van der Waals surface area contributed by atoms with Crippen LogP contribution in [-0.4, -0.2) is 162 Å². The number of aromatic nitrogens is 3. The van der Waals surface area contributed by atoms with E-state index in [4.69, 9.17) is 9.84 Å². The van der Waals surface area contributed by atoms with E-state index in [9.17, 15) is 41.6 Å². The Morgan fingerprint density at radius 2 is 1.53 bits per heavy atom. The Balaban J connectivity index is 0.696. The van der Waals surface area contributed by atoms with E-state index < -0.39 is 99.4 Å². The SMILES string of the molecule is Cc1ncsc1-c1ccc(CNC(=O)[C@@H]2C[C@@H](OC(=O)CCC(=O)O)CC2C(=O)C(NC(=O)CN2CCN(CC3CCN(c4ccc(-c5cnc6[nH]cc(C(=O)c7c(F)ccc(NS(=O)(=O)N8CC[C@@H](F)C8)c7F)c6c5)cc4)CC3)CC2)C(C)(C)C)cc1. The maximum absolute atomic E-state index is 15.9. The van der Waals surface area contributed by atoms with Crippen LogP contribution < -0.4 is 20.3 Å². The zero-order chi connectivity index (χ0) is 62.6. The van der Waals surface area contributed by atoms with Gasteiger partial charge >= 0.3 is 22.1 Å². The number of alkyl halides is 1. The molecule has 0 radical (unpaired) electrons. The van der Waals surface area contributed by atoms with E-state index in [1.165, 1.54) is 6.20 Å². The molecule has 88 heavy (non-hydrogen) atoms. The number of Topliss-reactive ketones (excluding diaryl/α,β-unsaturated/α-hetero) is 1. The maximum Gasteiger partial charge on any atom is 0.306 e. The molecule has 468 valence electrons. The Hall–Kier alpha value is -7.58. The molecule has 1 aliphatic carbocycles. The number of carboxylic acid groups (broad SMARTS) is 1. The van der Waals surface area contributed by atoms with Gasteiger partial charge in [0.1, 0.15) is 23.7 Å². The third kappa shape index (κ3) is 14.9. The molecule has 0 spiro atoms. The summed E-state index contributed by atoms with van der Waals surface area (Å²) in [5, 5.41) is 15.5. The molecule has 0 bridgehead atoms. The molecule has 3 aromatic heterocycles. The summed E-state index contributed by atoms with van der Waals surface area (Å²) < 4.78 is 79.2. The zero-order valence-electron chi connectivity index (χ0n) is 49.5. The second-order valence-electron chi connectivity index (χ2n) is 24.5. The highest BCUT2D eigenvalue weighted by molar-refractivity contribution is 7.90. The zero-order valence-corrected chi connectivity index (χ0v) is 51.2. The van der Waals surface area contributed by atoms with Crippen molar-refractivity contribution in [1.29, 1.82) is 0 Å². The van der Waals surface area contributed by atoms with Gasteiger partial charge in [0.2, 0.25) is 17.6 Å². The topological polar surface area (TPSA) is 257 Å². The van der Waals surface area contributed by atoms with E-state index >= 15 is 8.78 Å². The second-order valence-corrected chi connectivity index (χ2v) is 27.0. The smallest absolute Gasteiger partial charge is 0.306 e. The number of piperazine rings is 1. The van der Waals surface area contributed by atoms with Crippen LogP contribution in [0.3, 0.4) is 0 Å². The van der Waals surface area contributed by atoms with Crippen LogP contribution in [-0.2, 0) is 45.5 Å². The van der Waals surface area contributed by atoms with Gasteiger partial charge in [0.25, 0.3) is 0 Å². The number of ketones is 2. The number of pyridine rings is 1. The number of H-pyrrole nitrogens is 1. The molecular weight excluding hydrogens is 1180 g/mol. The van der Waals surface area contributed by atoms with E-state index in [0.29, 0.717) is 35.6 Å². The number of carboxylic acids is 1. The number of fused-ring (bicyclic) bond motifs is 1. The van der Waals surface area contributed by atoms with E-state index in [1.54, 1.807) is 29.1 Å². The Morgan fingerprint density at radius 1 is 0.841 bits per heavy atom. The van der Waals surface area contributed by atoms with Crippen LogP contribution in [0.4, 0.5) is 24.5 Å². The Kier molecular flexibility index (Phi) is 19.5. The standard InChI is InChI=1S/C63H73F3N10O10S2/c1-37-59(87-36-70-37)41-7-5-38(6-8-41)30-69-62(83)48-29-45(86-54(80)16-15-53(78)79)28-46(48)58(82)60(63(2,3)4)71-52(77)35-74-25-23-73(24-26-74)33-39-17-20-75(21-18-39)44-11-9-40(10-12-44)42-27-47-49(32-68-61(47)67-31-42)57(81)55-50(65)13-14-51(56(55)66)72-88(84,85)76-22-19-43(64)34-76/h5-14,27,31-32,36,39,43,45-46,48,60,72H,15-26,28-30,33-35H2,1-4H3,(H,67,68)(H,69,83)(H,71,77)(H,78,79)/t43-,45+,46?,48-,60?/m1/s1. The van der Waals surface area contributed by atoms with Gasteiger partial charge in [-0.05, 0) is 97.4 Å². The van der Waals surface area contributed by atoms with Crippen molar-refractivity contribution in [2.75, 3.05) is 75.1 Å². The highest BCUT2D eigenvalue weighted by Crippen LogP contribution is 2.39. The van der Waals surface area contributed by atoms with Crippen LogP contribution in [0.5, 0.6) is 0 Å². The molecule has 6 heterocycles. The number of benzene rings is 3. The van der Waals surface area contributed by atoms with Gasteiger partial charge in [0, 0.05) is 106 Å². The summed E-state index contributed by atoms with van der Waals surface area (Å²) in [6.07, 6.45) is 2.07. The number of carbonyl (C=O) groups is 6. The van der Waals surface area contributed by atoms with Crippen LogP contribution >= 0.6 is 11.3 Å². The maximum atomic E-state index is 15.9. The summed E-state index contributed by atoms with van der Waals surface area (Å²) >= 11 is 1.54. The first-order valence-electron chi connectivity index (χ1n) is 29.7. The van der Waals surface area contributed by atoms with Crippen molar-refractivity contribution in [2.45, 2.75) is 97.5 Å². The van der Waals surface area contributed by atoms with Crippen molar-refractivity contribution in [3.8, 4) is 21.6 Å². The summed E-state index contributed by atoms with van der Waals surface area (Å²) in [5.74, 6) is -7.79. The number of thiazole rings is 1. The second kappa shape index (κ2) is 27.0. The van der Waals surface area contributed by atoms with Gasteiger partial charge in [-0.25, -0.2) is 23.1 Å². The number of hydrogen-bond donors (Lipinski definition) is 5. The molecule has 2 unspecified atom stereocenters. The molecular formula is C63H73F3N10O10S2. The van der Waals surface area contributed by atoms with Crippen LogP contribution in [0.2, 0.25) is 0 Å². The molecule has 4 aliphatic rings. The van der Waals surface area contributed by atoms with Crippen LogP contribution in [0.15, 0.2) is 84.6 Å². The number of nitrogens with one attached hydrogen (secondary N) is 4. The number of carbonyl (C=O) groups excluding carboxylic acids is 5. The number of halogens is 3. The molecule has 20 nitrogen and oxygen atoms in total. The van der Waals surface area contributed by atoms with Crippen molar-refractivity contribution in [3.63, 3.8) is 0 Å². The first-order chi connectivity index (χ1) is 42.0. The Bertz CT molecular complexity index is 3680. The van der Waals surface area contributed by atoms with Crippen molar-refractivity contribution in [2.24, 2.45) is 23.2 Å². The number of nitrogens with zero attached hydrogens (tertiary/aromatic N) is 6. The molecule has 3 aliphatic heterocycles. The van der Waals surface area contributed by atoms with Crippen LogP contribution in [0.25, 0.3) is 32.6 Å². The molecule has 3 saturated heterocycles. The van der Waals surface area contributed by atoms with Crippen molar-refractivity contribution in [3.05, 3.63) is 119 Å². The molecule has 4 fully saturated rings. The number of aromatic amines is 1. The number of anilines is 2. The minimum Gasteiger partial charge on any atom is -0.481 e. The quantitative estimate of drug-likeness (QED) is 0.0320. The normalized spacial score (nSPS) is 20.2. The van der Waals surface area contributed by atoms with E-state index in [1.807, 2.05) is 80.9 Å². The van der Waals surface area contributed by atoms with Crippen molar-refractivity contribution >= 4 is 79.3 Å². The van der Waals surface area contributed by atoms with E-state index in [-0.39, 0.29) is 68.5 Å². The van der Waals surface area contributed by atoms with Gasteiger partial charge in [-0.3, -0.25) is 38.4 Å². The third-order valence-electron chi connectivity index (χ3n) is 17.2. The highest BCUT2D eigenvalue weighted by Gasteiger charge is 2.48. The number of piperidine rings is 1. The van der Waals surface area contributed by atoms with Crippen molar-refractivity contribution < 1.29 is 60.2 Å². The fourth-order valence-electron chi connectivity index (χ4n) is 12.3. The summed E-state index contributed by atoms with van der Waals surface area (Å²) in [5.41, 5.74) is 4.95.